The molecule has 0 saturated carbocycles. The molecular formula is C11H15N5O. The largest absolute Gasteiger partial charge is 0.382 e. The van der Waals surface area contributed by atoms with Crippen molar-refractivity contribution in [3.05, 3.63) is 12.3 Å². The molecular weight excluding hydrogens is 218 g/mol. The lowest BCUT2D eigenvalue weighted by molar-refractivity contribution is 0.123. The van der Waals surface area contributed by atoms with Crippen molar-refractivity contribution in [1.82, 2.24) is 14.8 Å². The summed E-state index contributed by atoms with van der Waals surface area (Å²) in [6.45, 7) is 3.27. The van der Waals surface area contributed by atoms with Gasteiger partial charge in [-0.05, 0) is 6.07 Å². The van der Waals surface area contributed by atoms with Crippen LogP contribution in [-0.4, -0.2) is 41.1 Å². The van der Waals surface area contributed by atoms with Gasteiger partial charge in [0.05, 0.1) is 24.3 Å². The molecule has 90 valence electrons. The number of ether oxygens (including phenoxy) is 1. The van der Waals surface area contributed by atoms with E-state index in [2.05, 4.69) is 15.0 Å². The molecule has 0 bridgehead atoms. The van der Waals surface area contributed by atoms with Gasteiger partial charge >= 0.3 is 0 Å². The second kappa shape index (κ2) is 3.89. The van der Waals surface area contributed by atoms with Gasteiger partial charge in [0, 0.05) is 26.3 Å². The highest BCUT2D eigenvalue weighted by molar-refractivity contribution is 5.97. The normalized spacial score (nSPS) is 16.6. The molecule has 1 aliphatic rings. The van der Waals surface area contributed by atoms with E-state index < -0.39 is 0 Å². The summed E-state index contributed by atoms with van der Waals surface area (Å²) in [6.07, 6.45) is 1.80. The number of hydrogen-bond acceptors (Lipinski definition) is 5. The summed E-state index contributed by atoms with van der Waals surface area (Å²) in [6, 6.07) is 1.99. The maximum absolute atomic E-state index is 5.95. The Morgan fingerprint density at radius 2 is 2.12 bits per heavy atom. The van der Waals surface area contributed by atoms with E-state index in [0.29, 0.717) is 5.82 Å². The highest BCUT2D eigenvalue weighted by Crippen LogP contribution is 2.29. The number of anilines is 2. The van der Waals surface area contributed by atoms with Crippen molar-refractivity contribution >= 4 is 22.5 Å². The lowest BCUT2D eigenvalue weighted by Crippen LogP contribution is -2.36. The number of nitrogens with two attached hydrogens (primary N) is 1. The molecule has 3 heterocycles. The molecule has 0 spiro atoms. The average molecular weight is 233 g/mol. The number of morpholine rings is 1. The highest BCUT2D eigenvalue weighted by Gasteiger charge is 2.18. The third kappa shape index (κ3) is 1.61. The van der Waals surface area contributed by atoms with E-state index in [1.807, 2.05) is 13.1 Å². The summed E-state index contributed by atoms with van der Waals surface area (Å²) in [5.74, 6) is 0.539. The first-order valence-electron chi connectivity index (χ1n) is 5.67. The van der Waals surface area contributed by atoms with Crippen LogP contribution in [-0.2, 0) is 11.8 Å². The summed E-state index contributed by atoms with van der Waals surface area (Å²) in [5.41, 5.74) is 7.88. The molecule has 1 aliphatic heterocycles. The van der Waals surface area contributed by atoms with Crippen LogP contribution in [0, 0.1) is 0 Å². The first kappa shape index (κ1) is 10.3. The van der Waals surface area contributed by atoms with Gasteiger partial charge in [0.1, 0.15) is 0 Å². The fraction of sp³-hybridized carbons (Fsp3) is 0.455. The zero-order chi connectivity index (χ0) is 11.8. The van der Waals surface area contributed by atoms with E-state index in [1.54, 1.807) is 10.9 Å². The van der Waals surface area contributed by atoms with Crippen LogP contribution in [0.2, 0.25) is 0 Å². The van der Waals surface area contributed by atoms with Gasteiger partial charge in [0.15, 0.2) is 11.5 Å². The van der Waals surface area contributed by atoms with Crippen LogP contribution in [0.4, 0.5) is 11.5 Å². The van der Waals surface area contributed by atoms with Crippen molar-refractivity contribution in [1.29, 1.82) is 0 Å². The lowest BCUT2D eigenvalue weighted by atomic mass is 10.2. The summed E-state index contributed by atoms with van der Waals surface area (Å²) in [7, 11) is 1.86. The van der Waals surface area contributed by atoms with E-state index in [-0.39, 0.29) is 0 Å². The van der Waals surface area contributed by atoms with Crippen molar-refractivity contribution in [2.45, 2.75) is 0 Å². The minimum absolute atomic E-state index is 0.539. The van der Waals surface area contributed by atoms with Gasteiger partial charge in [-0.25, -0.2) is 9.67 Å². The van der Waals surface area contributed by atoms with Crippen LogP contribution in [0.15, 0.2) is 12.3 Å². The van der Waals surface area contributed by atoms with Crippen LogP contribution in [0.5, 0.6) is 0 Å². The maximum Gasteiger partial charge on any atom is 0.161 e. The molecule has 2 aromatic heterocycles. The minimum atomic E-state index is 0.539. The number of fused-ring (bicyclic) bond motifs is 1. The van der Waals surface area contributed by atoms with E-state index >= 15 is 0 Å². The topological polar surface area (TPSA) is 69.2 Å². The number of rotatable bonds is 1. The second-order valence-corrected chi connectivity index (χ2v) is 4.14. The molecule has 6 nitrogen and oxygen atoms in total. The number of nitrogens with zero attached hydrogens (tertiary/aromatic N) is 4. The number of aromatic nitrogens is 3. The number of pyridine rings is 1. The zero-order valence-electron chi connectivity index (χ0n) is 9.76. The quantitative estimate of drug-likeness (QED) is 0.771. The van der Waals surface area contributed by atoms with Crippen molar-refractivity contribution < 1.29 is 4.74 Å². The molecule has 17 heavy (non-hydrogen) atoms. The summed E-state index contributed by atoms with van der Waals surface area (Å²) < 4.78 is 7.08. The van der Waals surface area contributed by atoms with Crippen LogP contribution in [0.25, 0.3) is 11.0 Å². The third-order valence-corrected chi connectivity index (χ3v) is 3.08. The van der Waals surface area contributed by atoms with Crippen LogP contribution >= 0.6 is 0 Å². The first-order chi connectivity index (χ1) is 8.27. The first-order valence-corrected chi connectivity index (χ1v) is 5.67. The Morgan fingerprint density at radius 3 is 2.88 bits per heavy atom. The predicted molar refractivity (Wildman–Crippen MR) is 66.0 cm³/mol. The Kier molecular flexibility index (Phi) is 2.36. The van der Waals surface area contributed by atoms with Gasteiger partial charge in [-0.15, -0.1) is 0 Å². The fourth-order valence-corrected chi connectivity index (χ4v) is 2.26. The molecule has 2 aromatic rings. The SMILES string of the molecule is Cn1nc(N)c2c(N3CCOCC3)ccnc21. The molecule has 0 aliphatic carbocycles. The summed E-state index contributed by atoms with van der Waals surface area (Å²) in [5, 5.41) is 5.16. The Balaban J connectivity index is 2.15. The van der Waals surface area contributed by atoms with Crippen LogP contribution < -0.4 is 10.6 Å². The number of aryl methyl sites for hydroxylation is 1. The van der Waals surface area contributed by atoms with E-state index in [9.17, 15) is 0 Å². The molecule has 6 heteroatoms. The third-order valence-electron chi connectivity index (χ3n) is 3.08. The van der Waals surface area contributed by atoms with Gasteiger partial charge in [-0.2, -0.15) is 5.10 Å². The standard InChI is InChI=1S/C11H15N5O/c1-15-11-9(10(12)14-15)8(2-3-13-11)16-4-6-17-7-5-16/h2-3H,4-7H2,1H3,(H2,12,14). The predicted octanol–water partition coefficient (Wildman–Crippen LogP) is 0.387. The van der Waals surface area contributed by atoms with Crippen molar-refractivity contribution in [2.24, 2.45) is 7.05 Å². The molecule has 2 N–H and O–H groups in total. The molecule has 1 saturated heterocycles. The Bertz CT molecular complexity index is 544. The highest BCUT2D eigenvalue weighted by atomic mass is 16.5. The summed E-state index contributed by atoms with van der Waals surface area (Å²) in [4.78, 5) is 6.59. The molecule has 0 atom stereocenters. The van der Waals surface area contributed by atoms with Crippen molar-refractivity contribution in [2.75, 3.05) is 36.9 Å². The van der Waals surface area contributed by atoms with Gasteiger partial charge in [0.25, 0.3) is 0 Å². The second-order valence-electron chi connectivity index (χ2n) is 4.14. The smallest absolute Gasteiger partial charge is 0.161 e. The van der Waals surface area contributed by atoms with Crippen LogP contribution in [0.3, 0.4) is 0 Å². The molecule has 0 radical (unpaired) electrons. The fourth-order valence-electron chi connectivity index (χ4n) is 2.26. The van der Waals surface area contributed by atoms with Gasteiger partial charge in [-0.1, -0.05) is 0 Å². The Morgan fingerprint density at radius 1 is 1.35 bits per heavy atom. The lowest BCUT2D eigenvalue weighted by Gasteiger charge is -2.29. The van der Waals surface area contributed by atoms with Crippen molar-refractivity contribution in [3.63, 3.8) is 0 Å². The number of hydrogen-bond donors (Lipinski definition) is 1. The molecule has 0 amide bonds. The number of nitrogen functional groups attached to an aromatic ring is 1. The zero-order valence-corrected chi connectivity index (χ0v) is 9.76. The molecule has 3 rings (SSSR count). The van der Waals surface area contributed by atoms with Gasteiger partial charge in [0.2, 0.25) is 0 Å². The molecule has 0 aromatic carbocycles. The van der Waals surface area contributed by atoms with Gasteiger partial charge < -0.3 is 15.4 Å². The van der Waals surface area contributed by atoms with Crippen molar-refractivity contribution in [3.8, 4) is 0 Å². The van der Waals surface area contributed by atoms with E-state index in [1.165, 1.54) is 0 Å². The van der Waals surface area contributed by atoms with Crippen LogP contribution in [0.1, 0.15) is 0 Å². The molecule has 1 fully saturated rings. The Labute approximate surface area is 99.0 Å². The minimum Gasteiger partial charge on any atom is -0.382 e. The maximum atomic E-state index is 5.95. The average Bonchev–Trinajstić information content (AvgIpc) is 2.66. The summed E-state index contributed by atoms with van der Waals surface area (Å²) >= 11 is 0. The Hall–Kier alpha value is -1.82. The van der Waals surface area contributed by atoms with E-state index in [0.717, 1.165) is 43.0 Å². The monoisotopic (exact) mass is 233 g/mol. The van der Waals surface area contributed by atoms with E-state index in [4.69, 9.17) is 10.5 Å². The molecule has 0 unspecified atom stereocenters. The van der Waals surface area contributed by atoms with Gasteiger partial charge in [-0.3, -0.25) is 0 Å².